The molecule has 1 aliphatic rings. The van der Waals surface area contributed by atoms with Gasteiger partial charge in [0.25, 0.3) is 0 Å². The molecule has 0 bridgehead atoms. The molecule has 1 aromatic rings. The molecule has 1 saturated heterocycles. The molecule has 0 spiro atoms. The van der Waals surface area contributed by atoms with Gasteiger partial charge in [0.05, 0.1) is 31.0 Å². The number of amides is 1. The Labute approximate surface area is 126 Å². The van der Waals surface area contributed by atoms with Crippen molar-refractivity contribution in [2.45, 2.75) is 19.4 Å². The number of anilines is 1. The Hall–Kier alpha value is -2.46. The zero-order valence-corrected chi connectivity index (χ0v) is 12.3. The first-order chi connectivity index (χ1) is 10.4. The quantitative estimate of drug-likeness (QED) is 0.719. The molecule has 10 heteroatoms. The lowest BCUT2D eigenvalue weighted by molar-refractivity contribution is -0.117. The van der Waals surface area contributed by atoms with Gasteiger partial charge in [-0.2, -0.15) is 24.0 Å². The van der Waals surface area contributed by atoms with Gasteiger partial charge in [0.1, 0.15) is 11.6 Å². The Kier molecular flexibility index (Phi) is 4.43. The zero-order valence-electron chi connectivity index (χ0n) is 11.4. The van der Waals surface area contributed by atoms with E-state index >= 15 is 0 Å². The van der Waals surface area contributed by atoms with E-state index in [1.165, 1.54) is 15.8 Å². The van der Waals surface area contributed by atoms with Crippen LogP contribution in [0, 0.1) is 28.6 Å². The lowest BCUT2D eigenvalue weighted by atomic mass is 10.1. The van der Waals surface area contributed by atoms with Crippen molar-refractivity contribution in [3.05, 3.63) is 11.8 Å². The summed E-state index contributed by atoms with van der Waals surface area (Å²) in [5.41, 5.74) is 0.148. The van der Waals surface area contributed by atoms with Crippen LogP contribution in [0.4, 0.5) is 9.70 Å². The molecule has 22 heavy (non-hydrogen) atoms. The highest BCUT2D eigenvalue weighted by Crippen LogP contribution is 2.29. The number of carbonyl (C=O) groups excluding carboxylic acids is 1. The molecule has 1 aliphatic heterocycles. The summed E-state index contributed by atoms with van der Waals surface area (Å²) in [6, 6.07) is 3.84. The van der Waals surface area contributed by atoms with Crippen molar-refractivity contribution in [1.82, 2.24) is 9.78 Å². The highest BCUT2D eigenvalue weighted by atomic mass is 32.3. The topological polar surface area (TPSA) is 120 Å². The molecule has 116 valence electrons. The molecule has 1 fully saturated rings. The summed E-state index contributed by atoms with van der Waals surface area (Å²) in [6.45, 7) is 0.193. The van der Waals surface area contributed by atoms with Crippen LogP contribution in [0.15, 0.2) is 6.20 Å². The van der Waals surface area contributed by atoms with E-state index in [0.717, 1.165) is 0 Å². The first kappa shape index (κ1) is 15.9. The van der Waals surface area contributed by atoms with E-state index in [4.69, 9.17) is 10.5 Å². The number of hydrogen-bond acceptors (Lipinski definition) is 6. The van der Waals surface area contributed by atoms with Gasteiger partial charge < -0.3 is 0 Å². The average molecular weight is 325 g/mol. The van der Waals surface area contributed by atoms with Gasteiger partial charge in [0.2, 0.25) is 5.91 Å². The van der Waals surface area contributed by atoms with Crippen LogP contribution in [0.2, 0.25) is 0 Å². The average Bonchev–Trinajstić information content (AvgIpc) is 2.97. The molecule has 1 amide bonds. The lowest BCUT2D eigenvalue weighted by Crippen LogP contribution is -2.28. The maximum atomic E-state index is 12.8. The van der Waals surface area contributed by atoms with E-state index in [2.05, 4.69) is 5.10 Å². The van der Waals surface area contributed by atoms with Gasteiger partial charge >= 0.3 is 10.2 Å². The highest BCUT2D eigenvalue weighted by Gasteiger charge is 2.36. The van der Waals surface area contributed by atoms with Gasteiger partial charge in [-0.1, -0.05) is 0 Å². The minimum absolute atomic E-state index is 0.00505. The van der Waals surface area contributed by atoms with E-state index in [1.807, 2.05) is 12.1 Å². The lowest BCUT2D eigenvalue weighted by Gasteiger charge is -2.18. The maximum absolute atomic E-state index is 12.8. The van der Waals surface area contributed by atoms with Crippen LogP contribution in [0.1, 0.15) is 18.4 Å². The molecular formula is C12H12FN5O3S. The fourth-order valence-corrected chi connectivity index (χ4v) is 3.23. The van der Waals surface area contributed by atoms with Gasteiger partial charge in [-0.15, -0.1) is 3.89 Å². The first-order valence-corrected chi connectivity index (χ1v) is 7.96. The van der Waals surface area contributed by atoms with E-state index < -0.39 is 27.8 Å². The second-order valence-electron chi connectivity index (χ2n) is 4.90. The Bertz CT molecular complexity index is 774. The number of rotatable bonds is 5. The number of halogens is 1. The standard InChI is InChI=1S/C12H12FN5O3S/c13-22(20,21)8-9-4-11(19)17(7-9)12-10(5-15)6-16-18(12)3-1-2-14/h6,9H,1,3-4,7-8H2. The molecule has 2 heterocycles. The normalized spacial score (nSPS) is 18.2. The number of hydrogen-bond donors (Lipinski definition) is 0. The summed E-state index contributed by atoms with van der Waals surface area (Å²) in [6.07, 6.45) is 1.31. The molecule has 0 saturated carbocycles. The SMILES string of the molecule is N#CCCn1ncc(C#N)c1N1CC(CS(=O)(=O)F)CC1=O. The molecule has 0 aromatic carbocycles. The smallest absolute Gasteiger partial charge is 0.296 e. The van der Waals surface area contributed by atoms with Gasteiger partial charge in [-0.05, 0) is 0 Å². The fourth-order valence-electron chi connectivity index (χ4n) is 2.44. The van der Waals surface area contributed by atoms with Crippen molar-refractivity contribution in [1.29, 1.82) is 10.5 Å². The van der Waals surface area contributed by atoms with Crippen LogP contribution in [-0.4, -0.2) is 36.4 Å². The van der Waals surface area contributed by atoms with Crippen LogP contribution in [0.3, 0.4) is 0 Å². The van der Waals surface area contributed by atoms with Crippen molar-refractivity contribution in [2.24, 2.45) is 5.92 Å². The minimum Gasteiger partial charge on any atom is -0.296 e. The van der Waals surface area contributed by atoms with Gasteiger partial charge in [0, 0.05) is 18.9 Å². The van der Waals surface area contributed by atoms with Crippen molar-refractivity contribution in [3.63, 3.8) is 0 Å². The summed E-state index contributed by atoms with van der Waals surface area (Å²) in [7, 11) is -4.67. The van der Waals surface area contributed by atoms with Crippen LogP contribution in [0.5, 0.6) is 0 Å². The molecule has 1 unspecified atom stereocenters. The molecule has 0 radical (unpaired) electrons. The van der Waals surface area contributed by atoms with Gasteiger partial charge in [0.15, 0.2) is 5.82 Å². The first-order valence-electron chi connectivity index (χ1n) is 6.41. The van der Waals surface area contributed by atoms with Crippen LogP contribution in [0.25, 0.3) is 0 Å². The van der Waals surface area contributed by atoms with Gasteiger partial charge in [-0.3, -0.25) is 9.69 Å². The van der Waals surface area contributed by atoms with Gasteiger partial charge in [-0.25, -0.2) is 4.68 Å². The number of nitrogens with zero attached hydrogens (tertiary/aromatic N) is 5. The molecule has 1 atom stereocenters. The summed E-state index contributed by atoms with van der Waals surface area (Å²) < 4.78 is 35.6. The predicted octanol–water partition coefficient (Wildman–Crippen LogP) is 0.321. The zero-order chi connectivity index (χ0) is 16.3. The van der Waals surface area contributed by atoms with E-state index in [9.17, 15) is 17.1 Å². The third kappa shape index (κ3) is 3.40. The molecular weight excluding hydrogens is 313 g/mol. The molecule has 0 N–H and O–H groups in total. The van der Waals surface area contributed by atoms with Crippen molar-refractivity contribution < 1.29 is 17.1 Å². The summed E-state index contributed by atoms with van der Waals surface area (Å²) in [5.74, 6) is -1.58. The summed E-state index contributed by atoms with van der Waals surface area (Å²) >= 11 is 0. The molecule has 8 nitrogen and oxygen atoms in total. The van der Waals surface area contributed by atoms with E-state index in [1.54, 1.807) is 0 Å². The Balaban J connectivity index is 2.28. The third-order valence-electron chi connectivity index (χ3n) is 3.26. The predicted molar refractivity (Wildman–Crippen MR) is 72.5 cm³/mol. The highest BCUT2D eigenvalue weighted by molar-refractivity contribution is 7.86. The van der Waals surface area contributed by atoms with Crippen LogP contribution < -0.4 is 4.90 Å². The largest absolute Gasteiger partial charge is 0.302 e. The van der Waals surface area contributed by atoms with Crippen molar-refractivity contribution in [3.8, 4) is 12.1 Å². The molecule has 0 aliphatic carbocycles. The Morgan fingerprint density at radius 1 is 1.45 bits per heavy atom. The van der Waals surface area contributed by atoms with Crippen LogP contribution >= 0.6 is 0 Å². The summed E-state index contributed by atoms with van der Waals surface area (Å²) in [5, 5.41) is 21.7. The minimum atomic E-state index is -4.67. The fraction of sp³-hybridized carbons (Fsp3) is 0.500. The number of aryl methyl sites for hydroxylation is 1. The van der Waals surface area contributed by atoms with E-state index in [0.29, 0.717) is 0 Å². The monoisotopic (exact) mass is 325 g/mol. The maximum Gasteiger partial charge on any atom is 0.302 e. The molecule has 1 aromatic heterocycles. The number of carbonyl (C=O) groups is 1. The Morgan fingerprint density at radius 2 is 2.18 bits per heavy atom. The number of nitriles is 2. The van der Waals surface area contributed by atoms with Crippen molar-refractivity contribution >= 4 is 21.9 Å². The summed E-state index contributed by atoms with van der Waals surface area (Å²) in [4.78, 5) is 13.3. The second kappa shape index (κ2) is 6.12. The number of aromatic nitrogens is 2. The third-order valence-corrected chi connectivity index (χ3v) is 4.13. The Morgan fingerprint density at radius 3 is 2.77 bits per heavy atom. The second-order valence-corrected chi connectivity index (χ2v) is 6.32. The van der Waals surface area contributed by atoms with Crippen LogP contribution in [-0.2, 0) is 21.6 Å². The van der Waals surface area contributed by atoms with Crippen molar-refractivity contribution in [2.75, 3.05) is 17.2 Å². The van der Waals surface area contributed by atoms with E-state index in [-0.39, 0.29) is 37.3 Å². The molecule has 2 rings (SSSR count).